The van der Waals surface area contributed by atoms with Gasteiger partial charge in [-0.05, 0) is 60.7 Å². The summed E-state index contributed by atoms with van der Waals surface area (Å²) in [6.07, 6.45) is 5.26. The van der Waals surface area contributed by atoms with Gasteiger partial charge in [0.25, 0.3) is 15.9 Å². The standard InChI is InChI=1S/C30H35N3O4S/c1-22(2)23-17-19-25(20-18-23)33(38(36,37)26-13-7-4-8-14-26)21-29(34)32-28-16-10-9-15-27(28)30(35)31-24-11-5-3-6-12-24/h4,7-10,13-20,22,24H,3,5-6,11-12,21H2,1-2H3,(H,31,35)(H,32,34). The SMILES string of the molecule is CC(C)c1ccc(N(CC(=O)Nc2ccccc2C(=O)NC2CCCCC2)S(=O)(=O)c2ccccc2)cc1. The summed E-state index contributed by atoms with van der Waals surface area (Å²) in [4.78, 5) is 26.4. The predicted molar refractivity (Wildman–Crippen MR) is 151 cm³/mol. The van der Waals surface area contributed by atoms with Crippen LogP contribution in [0, 0.1) is 0 Å². The molecule has 1 aliphatic carbocycles. The fourth-order valence-corrected chi connectivity index (χ4v) is 6.12. The number of hydrogen-bond acceptors (Lipinski definition) is 4. The van der Waals surface area contributed by atoms with E-state index in [4.69, 9.17) is 0 Å². The first kappa shape index (κ1) is 27.4. The van der Waals surface area contributed by atoms with Crippen molar-refractivity contribution in [3.63, 3.8) is 0 Å². The second-order valence-corrected chi connectivity index (χ2v) is 11.8. The van der Waals surface area contributed by atoms with Crippen LogP contribution in [0.4, 0.5) is 11.4 Å². The number of sulfonamides is 1. The first-order valence-electron chi connectivity index (χ1n) is 13.1. The molecule has 38 heavy (non-hydrogen) atoms. The lowest BCUT2D eigenvalue weighted by atomic mass is 9.95. The zero-order chi connectivity index (χ0) is 27.1. The lowest BCUT2D eigenvalue weighted by Gasteiger charge is -2.25. The Morgan fingerprint density at radius 1 is 0.868 bits per heavy atom. The molecule has 0 saturated heterocycles. The summed E-state index contributed by atoms with van der Waals surface area (Å²) in [6.45, 7) is 3.67. The zero-order valence-electron chi connectivity index (χ0n) is 21.9. The predicted octanol–water partition coefficient (Wildman–Crippen LogP) is 5.71. The molecule has 0 aliphatic heterocycles. The van der Waals surface area contributed by atoms with E-state index < -0.39 is 22.5 Å². The minimum atomic E-state index is -4.03. The third kappa shape index (κ3) is 6.61. The Morgan fingerprint density at radius 2 is 1.50 bits per heavy atom. The maximum Gasteiger partial charge on any atom is 0.264 e. The maximum atomic E-state index is 13.6. The zero-order valence-corrected chi connectivity index (χ0v) is 22.7. The van der Waals surface area contributed by atoms with Gasteiger partial charge >= 0.3 is 0 Å². The molecule has 2 N–H and O–H groups in total. The van der Waals surface area contributed by atoms with Crippen LogP contribution in [0.1, 0.15) is 67.8 Å². The third-order valence-corrected chi connectivity index (χ3v) is 8.64. The Kier molecular flexibility index (Phi) is 8.84. The summed E-state index contributed by atoms with van der Waals surface area (Å²) < 4.78 is 28.3. The van der Waals surface area contributed by atoms with Gasteiger partial charge < -0.3 is 10.6 Å². The van der Waals surface area contributed by atoms with E-state index in [0.717, 1.165) is 35.6 Å². The topological polar surface area (TPSA) is 95.6 Å². The summed E-state index contributed by atoms with van der Waals surface area (Å²) >= 11 is 0. The summed E-state index contributed by atoms with van der Waals surface area (Å²) in [6, 6.07) is 22.1. The van der Waals surface area contributed by atoms with Gasteiger partial charge in [0.1, 0.15) is 6.54 Å². The van der Waals surface area contributed by atoms with Crippen LogP contribution in [0.3, 0.4) is 0 Å². The second-order valence-electron chi connectivity index (χ2n) is 9.97. The molecule has 1 saturated carbocycles. The number of rotatable bonds is 9. The number of hydrogen-bond donors (Lipinski definition) is 2. The van der Waals surface area contributed by atoms with Crippen LogP contribution in [0.15, 0.2) is 83.8 Å². The van der Waals surface area contributed by atoms with E-state index in [-0.39, 0.29) is 22.8 Å². The summed E-state index contributed by atoms with van der Waals surface area (Å²) in [5.74, 6) is -0.510. The summed E-state index contributed by atoms with van der Waals surface area (Å²) in [5, 5.41) is 5.86. The molecule has 1 aliphatic rings. The quantitative estimate of drug-likeness (QED) is 0.368. The largest absolute Gasteiger partial charge is 0.349 e. The Balaban J connectivity index is 1.57. The van der Waals surface area contributed by atoms with Crippen LogP contribution in [-0.2, 0) is 14.8 Å². The molecule has 200 valence electrons. The number of carbonyl (C=O) groups is 2. The fourth-order valence-electron chi connectivity index (χ4n) is 4.68. The molecule has 0 heterocycles. The van der Waals surface area contributed by atoms with Crippen molar-refractivity contribution in [1.82, 2.24) is 5.32 Å². The van der Waals surface area contributed by atoms with Crippen LogP contribution >= 0.6 is 0 Å². The molecule has 0 atom stereocenters. The van der Waals surface area contributed by atoms with E-state index in [0.29, 0.717) is 16.9 Å². The van der Waals surface area contributed by atoms with Crippen LogP contribution in [0.2, 0.25) is 0 Å². The molecular formula is C30H35N3O4S. The molecule has 0 bridgehead atoms. The van der Waals surface area contributed by atoms with Crippen molar-refractivity contribution in [2.24, 2.45) is 0 Å². The number of carbonyl (C=O) groups excluding carboxylic acids is 2. The molecule has 2 amide bonds. The summed E-state index contributed by atoms with van der Waals surface area (Å²) in [7, 11) is -4.03. The normalized spacial score (nSPS) is 14.2. The summed E-state index contributed by atoms with van der Waals surface area (Å²) in [5.41, 5.74) is 2.15. The molecule has 0 aromatic heterocycles. The van der Waals surface area contributed by atoms with Crippen molar-refractivity contribution >= 4 is 33.2 Å². The van der Waals surface area contributed by atoms with E-state index in [1.54, 1.807) is 54.6 Å². The highest BCUT2D eigenvalue weighted by Crippen LogP contribution is 2.26. The van der Waals surface area contributed by atoms with Gasteiger partial charge in [-0.2, -0.15) is 0 Å². The van der Waals surface area contributed by atoms with Crippen LogP contribution in [0.5, 0.6) is 0 Å². The Labute approximate surface area is 225 Å². The van der Waals surface area contributed by atoms with Crippen molar-refractivity contribution in [3.8, 4) is 0 Å². The average molecular weight is 534 g/mol. The number of para-hydroxylation sites is 1. The second kappa shape index (κ2) is 12.3. The third-order valence-electron chi connectivity index (χ3n) is 6.85. The van der Waals surface area contributed by atoms with Gasteiger partial charge in [0.05, 0.1) is 21.8 Å². The number of amides is 2. The Hall–Kier alpha value is -3.65. The molecule has 1 fully saturated rings. The van der Waals surface area contributed by atoms with Crippen molar-refractivity contribution in [1.29, 1.82) is 0 Å². The van der Waals surface area contributed by atoms with Crippen molar-refractivity contribution in [2.45, 2.75) is 62.8 Å². The van der Waals surface area contributed by atoms with Gasteiger partial charge in [0, 0.05) is 6.04 Å². The molecular weight excluding hydrogens is 498 g/mol. The van der Waals surface area contributed by atoms with Gasteiger partial charge in [-0.15, -0.1) is 0 Å². The highest BCUT2D eigenvalue weighted by molar-refractivity contribution is 7.92. The van der Waals surface area contributed by atoms with E-state index in [1.165, 1.54) is 18.6 Å². The van der Waals surface area contributed by atoms with Crippen molar-refractivity contribution < 1.29 is 18.0 Å². The first-order chi connectivity index (χ1) is 18.3. The lowest BCUT2D eigenvalue weighted by molar-refractivity contribution is -0.114. The highest BCUT2D eigenvalue weighted by Gasteiger charge is 2.28. The molecule has 0 radical (unpaired) electrons. The smallest absolute Gasteiger partial charge is 0.264 e. The number of nitrogens with zero attached hydrogens (tertiary/aromatic N) is 1. The molecule has 8 heteroatoms. The molecule has 7 nitrogen and oxygen atoms in total. The lowest BCUT2D eigenvalue weighted by Crippen LogP contribution is -2.39. The van der Waals surface area contributed by atoms with Gasteiger partial charge in [-0.1, -0.05) is 75.6 Å². The maximum absolute atomic E-state index is 13.6. The van der Waals surface area contributed by atoms with Crippen molar-refractivity contribution in [3.05, 3.63) is 90.0 Å². The van der Waals surface area contributed by atoms with Gasteiger partial charge in [-0.25, -0.2) is 8.42 Å². The van der Waals surface area contributed by atoms with E-state index in [1.807, 2.05) is 12.1 Å². The Bertz CT molecular complexity index is 1350. The van der Waals surface area contributed by atoms with Gasteiger partial charge in [-0.3, -0.25) is 13.9 Å². The van der Waals surface area contributed by atoms with Gasteiger partial charge in [0.2, 0.25) is 5.91 Å². The molecule has 0 spiro atoms. The number of nitrogens with one attached hydrogen (secondary N) is 2. The molecule has 0 unspecified atom stereocenters. The van der Waals surface area contributed by atoms with E-state index in [9.17, 15) is 18.0 Å². The molecule has 3 aromatic carbocycles. The minimum Gasteiger partial charge on any atom is -0.349 e. The Morgan fingerprint density at radius 3 is 2.16 bits per heavy atom. The average Bonchev–Trinajstić information content (AvgIpc) is 2.93. The minimum absolute atomic E-state index is 0.0907. The molecule has 3 aromatic rings. The fraction of sp³-hybridized carbons (Fsp3) is 0.333. The highest BCUT2D eigenvalue weighted by atomic mass is 32.2. The van der Waals surface area contributed by atoms with Crippen LogP contribution in [0.25, 0.3) is 0 Å². The monoisotopic (exact) mass is 533 g/mol. The van der Waals surface area contributed by atoms with E-state index >= 15 is 0 Å². The van der Waals surface area contributed by atoms with Crippen molar-refractivity contribution in [2.75, 3.05) is 16.2 Å². The first-order valence-corrected chi connectivity index (χ1v) is 14.6. The van der Waals surface area contributed by atoms with E-state index in [2.05, 4.69) is 24.5 Å². The number of benzene rings is 3. The van der Waals surface area contributed by atoms with Crippen LogP contribution < -0.4 is 14.9 Å². The van der Waals surface area contributed by atoms with Gasteiger partial charge in [0.15, 0.2) is 0 Å². The number of anilines is 2. The van der Waals surface area contributed by atoms with Crippen LogP contribution in [-0.4, -0.2) is 32.8 Å². The molecule has 4 rings (SSSR count).